The molecule has 1 fully saturated rings. The number of benzene rings is 1. The van der Waals surface area contributed by atoms with Gasteiger partial charge < -0.3 is 5.11 Å². The van der Waals surface area contributed by atoms with E-state index in [1.807, 2.05) is 0 Å². The van der Waals surface area contributed by atoms with Crippen LogP contribution in [0.2, 0.25) is 0 Å². The molecule has 18 heavy (non-hydrogen) atoms. The van der Waals surface area contributed by atoms with Crippen LogP contribution in [0.5, 0.6) is 0 Å². The summed E-state index contributed by atoms with van der Waals surface area (Å²) in [4.78, 5) is 0.309. The maximum atomic E-state index is 12.5. The fourth-order valence-corrected chi connectivity index (χ4v) is 3.89. The van der Waals surface area contributed by atoms with Crippen LogP contribution >= 0.6 is 0 Å². The molecule has 0 spiro atoms. The molecule has 1 N–H and O–H groups in total. The largest absolute Gasteiger partial charge is 0.392 e. The van der Waals surface area contributed by atoms with Crippen molar-refractivity contribution >= 4 is 10.0 Å². The van der Waals surface area contributed by atoms with Crippen LogP contribution < -0.4 is 0 Å². The van der Waals surface area contributed by atoms with Crippen molar-refractivity contribution in [3.63, 3.8) is 0 Å². The first-order valence-corrected chi connectivity index (χ1v) is 7.60. The molecular formula is C13H19NO3S. The summed E-state index contributed by atoms with van der Waals surface area (Å²) in [7, 11) is -1.80. The molecule has 0 aliphatic heterocycles. The summed E-state index contributed by atoms with van der Waals surface area (Å²) in [5.41, 5.74) is 1.31. The molecule has 2 rings (SSSR count). The highest BCUT2D eigenvalue weighted by molar-refractivity contribution is 7.89. The first kappa shape index (κ1) is 13.5. The van der Waals surface area contributed by atoms with Crippen molar-refractivity contribution in [1.82, 2.24) is 4.31 Å². The molecule has 0 bridgehead atoms. The Bertz CT molecular complexity index is 535. The van der Waals surface area contributed by atoms with Crippen LogP contribution in [0, 0.1) is 6.92 Å². The summed E-state index contributed by atoms with van der Waals surface area (Å²) in [6.07, 6.45) is 2.98. The van der Waals surface area contributed by atoms with E-state index in [-0.39, 0.29) is 12.6 Å². The summed E-state index contributed by atoms with van der Waals surface area (Å²) in [6, 6.07) is 5.17. The van der Waals surface area contributed by atoms with Crippen molar-refractivity contribution < 1.29 is 13.5 Å². The number of aliphatic hydroxyl groups excluding tert-OH is 1. The Kier molecular flexibility index (Phi) is 3.75. The van der Waals surface area contributed by atoms with Gasteiger partial charge in [-0.3, -0.25) is 0 Å². The topological polar surface area (TPSA) is 57.6 Å². The SMILES string of the molecule is Cc1c(CO)cccc1S(=O)(=O)N(C)C1CCC1. The number of sulfonamides is 1. The molecule has 1 aliphatic carbocycles. The van der Waals surface area contributed by atoms with E-state index in [1.165, 1.54) is 4.31 Å². The third-order valence-electron chi connectivity index (χ3n) is 3.81. The van der Waals surface area contributed by atoms with Crippen LogP contribution in [0.4, 0.5) is 0 Å². The monoisotopic (exact) mass is 269 g/mol. The highest BCUT2D eigenvalue weighted by atomic mass is 32.2. The third kappa shape index (κ3) is 2.18. The van der Waals surface area contributed by atoms with Gasteiger partial charge in [0.2, 0.25) is 10.0 Å². The maximum absolute atomic E-state index is 12.5. The van der Waals surface area contributed by atoms with Gasteiger partial charge in [-0.25, -0.2) is 8.42 Å². The van der Waals surface area contributed by atoms with Crippen LogP contribution in [0.3, 0.4) is 0 Å². The lowest BCUT2D eigenvalue weighted by Gasteiger charge is -2.34. The Morgan fingerprint density at radius 3 is 2.56 bits per heavy atom. The van der Waals surface area contributed by atoms with Crippen molar-refractivity contribution in [1.29, 1.82) is 0 Å². The van der Waals surface area contributed by atoms with Gasteiger partial charge in [-0.2, -0.15) is 4.31 Å². The number of hydrogen-bond acceptors (Lipinski definition) is 3. The molecular weight excluding hydrogens is 250 g/mol. The normalized spacial score (nSPS) is 16.9. The van der Waals surface area contributed by atoms with Crippen LogP contribution in [-0.2, 0) is 16.6 Å². The zero-order valence-corrected chi connectivity index (χ0v) is 11.6. The van der Waals surface area contributed by atoms with E-state index >= 15 is 0 Å². The van der Waals surface area contributed by atoms with E-state index in [0.717, 1.165) is 19.3 Å². The van der Waals surface area contributed by atoms with Crippen molar-refractivity contribution in [3.05, 3.63) is 29.3 Å². The molecule has 0 amide bonds. The quantitative estimate of drug-likeness (QED) is 0.904. The van der Waals surface area contributed by atoms with Gasteiger partial charge in [0.1, 0.15) is 0 Å². The Morgan fingerprint density at radius 2 is 2.06 bits per heavy atom. The van der Waals surface area contributed by atoms with Gasteiger partial charge in [-0.05, 0) is 37.0 Å². The minimum Gasteiger partial charge on any atom is -0.392 e. The second-order valence-corrected chi connectivity index (χ2v) is 6.77. The number of aliphatic hydroxyl groups is 1. The minimum absolute atomic E-state index is 0.132. The predicted molar refractivity (Wildman–Crippen MR) is 69.7 cm³/mol. The molecule has 1 aromatic carbocycles. The van der Waals surface area contributed by atoms with Crippen molar-refractivity contribution in [3.8, 4) is 0 Å². The standard InChI is InChI=1S/C13H19NO3S/c1-10-11(9-15)5-3-8-13(10)18(16,17)14(2)12-6-4-7-12/h3,5,8,12,15H,4,6-7,9H2,1-2H3. The lowest BCUT2D eigenvalue weighted by atomic mass is 9.94. The molecule has 4 nitrogen and oxygen atoms in total. The molecule has 1 aliphatic rings. The summed E-state index contributed by atoms with van der Waals surface area (Å²) < 4.78 is 26.5. The summed E-state index contributed by atoms with van der Waals surface area (Å²) >= 11 is 0. The zero-order valence-electron chi connectivity index (χ0n) is 10.8. The lowest BCUT2D eigenvalue weighted by molar-refractivity contribution is 0.249. The smallest absolute Gasteiger partial charge is 0.243 e. The van der Waals surface area contributed by atoms with Gasteiger partial charge in [0.15, 0.2) is 0 Å². The predicted octanol–water partition coefficient (Wildman–Crippen LogP) is 1.66. The molecule has 1 saturated carbocycles. The van der Waals surface area contributed by atoms with Crippen LogP contribution in [0.15, 0.2) is 23.1 Å². The Balaban J connectivity index is 2.40. The van der Waals surface area contributed by atoms with Crippen LogP contribution in [0.1, 0.15) is 30.4 Å². The van der Waals surface area contributed by atoms with Gasteiger partial charge in [0.05, 0.1) is 11.5 Å². The molecule has 5 heteroatoms. The van der Waals surface area contributed by atoms with Gasteiger partial charge in [-0.1, -0.05) is 18.6 Å². The van der Waals surface area contributed by atoms with Crippen molar-refractivity contribution in [2.75, 3.05) is 7.05 Å². The maximum Gasteiger partial charge on any atom is 0.243 e. The molecule has 1 aromatic rings. The van der Waals surface area contributed by atoms with E-state index in [2.05, 4.69) is 0 Å². The number of hydrogen-bond donors (Lipinski definition) is 1. The van der Waals surface area contributed by atoms with Crippen LogP contribution in [0.25, 0.3) is 0 Å². The van der Waals surface area contributed by atoms with Crippen molar-refractivity contribution in [2.24, 2.45) is 0 Å². The van der Waals surface area contributed by atoms with Crippen molar-refractivity contribution in [2.45, 2.75) is 43.7 Å². The first-order chi connectivity index (χ1) is 8.48. The van der Waals surface area contributed by atoms with Gasteiger partial charge >= 0.3 is 0 Å². The summed E-state index contributed by atoms with van der Waals surface area (Å²) in [5.74, 6) is 0. The average molecular weight is 269 g/mol. The van der Waals surface area contributed by atoms with Crippen LogP contribution in [-0.4, -0.2) is 30.9 Å². The van der Waals surface area contributed by atoms with E-state index in [9.17, 15) is 13.5 Å². The highest BCUT2D eigenvalue weighted by Crippen LogP contribution is 2.30. The molecule has 0 radical (unpaired) electrons. The zero-order chi connectivity index (χ0) is 13.3. The number of rotatable bonds is 4. The fourth-order valence-electron chi connectivity index (χ4n) is 2.21. The van der Waals surface area contributed by atoms with E-state index < -0.39 is 10.0 Å². The summed E-state index contributed by atoms with van der Waals surface area (Å²) in [5, 5.41) is 9.21. The highest BCUT2D eigenvalue weighted by Gasteiger charge is 2.32. The Morgan fingerprint density at radius 1 is 1.39 bits per heavy atom. The molecule has 0 atom stereocenters. The molecule has 0 aromatic heterocycles. The Labute approximate surface area is 108 Å². The first-order valence-electron chi connectivity index (χ1n) is 6.16. The third-order valence-corrected chi connectivity index (χ3v) is 5.87. The second kappa shape index (κ2) is 4.99. The van der Waals surface area contributed by atoms with Gasteiger partial charge in [0.25, 0.3) is 0 Å². The van der Waals surface area contributed by atoms with E-state index in [1.54, 1.807) is 32.2 Å². The molecule has 0 heterocycles. The lowest BCUT2D eigenvalue weighted by Crippen LogP contribution is -2.41. The van der Waals surface area contributed by atoms with Gasteiger partial charge in [-0.15, -0.1) is 0 Å². The average Bonchev–Trinajstić information content (AvgIpc) is 2.26. The second-order valence-electron chi connectivity index (χ2n) is 4.80. The molecule has 0 unspecified atom stereocenters. The molecule has 0 saturated heterocycles. The van der Waals surface area contributed by atoms with E-state index in [4.69, 9.17) is 0 Å². The molecule has 100 valence electrons. The number of nitrogens with zero attached hydrogens (tertiary/aromatic N) is 1. The fraction of sp³-hybridized carbons (Fsp3) is 0.538. The van der Waals surface area contributed by atoms with E-state index in [0.29, 0.717) is 16.0 Å². The van der Waals surface area contributed by atoms with Gasteiger partial charge in [0, 0.05) is 13.1 Å². The Hall–Kier alpha value is -0.910. The summed E-state index contributed by atoms with van der Waals surface area (Å²) in [6.45, 7) is 1.61. The minimum atomic E-state index is -3.44.